The van der Waals surface area contributed by atoms with Gasteiger partial charge in [0.25, 0.3) is 0 Å². The van der Waals surface area contributed by atoms with E-state index in [-0.39, 0.29) is 18.4 Å². The quantitative estimate of drug-likeness (QED) is 0.860. The Kier molecular flexibility index (Phi) is 4.30. The van der Waals surface area contributed by atoms with Crippen LogP contribution in [0.5, 0.6) is 0 Å². The third kappa shape index (κ3) is 3.66. The summed E-state index contributed by atoms with van der Waals surface area (Å²) >= 11 is 0. The SMILES string of the molecule is CCn1cc(NC(=O)CC(N)c2ccccc2)cn1. The molecule has 0 spiro atoms. The number of nitrogens with one attached hydrogen (secondary N) is 1. The Bertz CT molecular complexity index is 535. The standard InChI is InChI=1S/C14H18N4O/c1-2-18-10-12(9-16-18)17-14(19)8-13(15)11-6-4-3-5-7-11/h3-7,9-10,13H,2,8,15H2,1H3,(H,17,19). The summed E-state index contributed by atoms with van der Waals surface area (Å²) in [6.45, 7) is 2.77. The fraction of sp³-hybridized carbons (Fsp3) is 0.286. The lowest BCUT2D eigenvalue weighted by molar-refractivity contribution is -0.116. The highest BCUT2D eigenvalue weighted by atomic mass is 16.1. The molecule has 1 amide bonds. The van der Waals surface area contributed by atoms with Crippen molar-refractivity contribution in [2.45, 2.75) is 25.9 Å². The van der Waals surface area contributed by atoms with Crippen molar-refractivity contribution in [1.82, 2.24) is 9.78 Å². The van der Waals surface area contributed by atoms with Crippen molar-refractivity contribution >= 4 is 11.6 Å². The summed E-state index contributed by atoms with van der Waals surface area (Å²) < 4.78 is 1.76. The van der Waals surface area contributed by atoms with E-state index in [4.69, 9.17) is 5.73 Å². The van der Waals surface area contributed by atoms with E-state index in [1.54, 1.807) is 17.1 Å². The second kappa shape index (κ2) is 6.15. The van der Waals surface area contributed by atoms with Crippen molar-refractivity contribution in [2.75, 3.05) is 5.32 Å². The lowest BCUT2D eigenvalue weighted by Crippen LogP contribution is -2.20. The number of aromatic nitrogens is 2. The first kappa shape index (κ1) is 13.3. The van der Waals surface area contributed by atoms with E-state index >= 15 is 0 Å². The Balaban J connectivity index is 1.91. The van der Waals surface area contributed by atoms with Crippen LogP contribution in [0.4, 0.5) is 5.69 Å². The maximum atomic E-state index is 11.9. The summed E-state index contributed by atoms with van der Waals surface area (Å²) in [5.41, 5.74) is 7.66. The van der Waals surface area contributed by atoms with Gasteiger partial charge >= 0.3 is 0 Å². The monoisotopic (exact) mass is 258 g/mol. The van der Waals surface area contributed by atoms with Gasteiger partial charge in [-0.3, -0.25) is 9.48 Å². The fourth-order valence-corrected chi connectivity index (χ4v) is 1.83. The summed E-state index contributed by atoms with van der Waals surface area (Å²) in [6.07, 6.45) is 3.68. The number of aryl methyl sites for hydroxylation is 1. The zero-order valence-electron chi connectivity index (χ0n) is 10.9. The number of anilines is 1. The predicted molar refractivity (Wildman–Crippen MR) is 74.5 cm³/mol. The third-order valence-electron chi connectivity index (χ3n) is 2.87. The van der Waals surface area contributed by atoms with E-state index in [0.717, 1.165) is 12.1 Å². The first-order valence-corrected chi connectivity index (χ1v) is 6.32. The molecule has 0 saturated heterocycles. The Morgan fingerprint density at radius 1 is 1.42 bits per heavy atom. The minimum atomic E-state index is -0.289. The van der Waals surface area contributed by atoms with Gasteiger partial charge in [0.1, 0.15) is 0 Å². The molecule has 0 aliphatic heterocycles. The van der Waals surface area contributed by atoms with Gasteiger partial charge in [-0.15, -0.1) is 0 Å². The Morgan fingerprint density at radius 3 is 2.79 bits per heavy atom. The average molecular weight is 258 g/mol. The smallest absolute Gasteiger partial charge is 0.226 e. The van der Waals surface area contributed by atoms with Gasteiger partial charge in [0, 0.05) is 25.2 Å². The maximum Gasteiger partial charge on any atom is 0.226 e. The van der Waals surface area contributed by atoms with Gasteiger partial charge in [-0.2, -0.15) is 5.10 Å². The molecule has 5 nitrogen and oxygen atoms in total. The van der Waals surface area contributed by atoms with E-state index in [1.807, 2.05) is 37.3 Å². The lowest BCUT2D eigenvalue weighted by atomic mass is 10.0. The molecule has 1 aromatic heterocycles. The van der Waals surface area contributed by atoms with E-state index < -0.39 is 0 Å². The topological polar surface area (TPSA) is 72.9 Å². The molecule has 1 atom stereocenters. The van der Waals surface area contributed by atoms with Gasteiger partial charge in [0.2, 0.25) is 5.91 Å². The molecule has 100 valence electrons. The van der Waals surface area contributed by atoms with E-state index in [1.165, 1.54) is 0 Å². The minimum absolute atomic E-state index is 0.105. The number of nitrogens with zero attached hydrogens (tertiary/aromatic N) is 2. The third-order valence-corrected chi connectivity index (χ3v) is 2.87. The Labute approximate surface area is 112 Å². The van der Waals surface area contributed by atoms with Gasteiger partial charge in [-0.25, -0.2) is 0 Å². The zero-order chi connectivity index (χ0) is 13.7. The van der Waals surface area contributed by atoms with Gasteiger partial charge in [-0.05, 0) is 12.5 Å². The molecule has 1 unspecified atom stereocenters. The number of carbonyl (C=O) groups is 1. The van der Waals surface area contributed by atoms with Crippen LogP contribution in [0.25, 0.3) is 0 Å². The molecular formula is C14H18N4O. The van der Waals surface area contributed by atoms with Crippen LogP contribution in [-0.4, -0.2) is 15.7 Å². The van der Waals surface area contributed by atoms with E-state index in [9.17, 15) is 4.79 Å². The number of hydrogen-bond donors (Lipinski definition) is 2. The van der Waals surface area contributed by atoms with E-state index in [2.05, 4.69) is 10.4 Å². The highest BCUT2D eigenvalue weighted by molar-refractivity contribution is 5.90. The van der Waals surface area contributed by atoms with Crippen molar-refractivity contribution in [2.24, 2.45) is 5.73 Å². The van der Waals surface area contributed by atoms with Crippen LogP contribution in [0.3, 0.4) is 0 Å². The van der Waals surface area contributed by atoms with Gasteiger partial charge in [-0.1, -0.05) is 30.3 Å². The molecule has 1 aromatic carbocycles. The van der Waals surface area contributed by atoms with Gasteiger partial charge < -0.3 is 11.1 Å². The fourth-order valence-electron chi connectivity index (χ4n) is 1.83. The van der Waals surface area contributed by atoms with Crippen molar-refractivity contribution < 1.29 is 4.79 Å². The number of amides is 1. The molecule has 2 aromatic rings. The number of nitrogens with two attached hydrogens (primary N) is 1. The Morgan fingerprint density at radius 2 is 2.16 bits per heavy atom. The van der Waals surface area contributed by atoms with Gasteiger partial charge in [0.05, 0.1) is 11.9 Å². The van der Waals surface area contributed by atoms with Crippen LogP contribution >= 0.6 is 0 Å². The normalized spacial score (nSPS) is 12.1. The van der Waals surface area contributed by atoms with Crippen molar-refractivity contribution in [3.8, 4) is 0 Å². The number of rotatable bonds is 5. The number of carbonyl (C=O) groups excluding carboxylic acids is 1. The van der Waals surface area contributed by atoms with Crippen LogP contribution in [-0.2, 0) is 11.3 Å². The van der Waals surface area contributed by atoms with Crippen LogP contribution in [0.15, 0.2) is 42.7 Å². The van der Waals surface area contributed by atoms with Gasteiger partial charge in [0.15, 0.2) is 0 Å². The maximum absolute atomic E-state index is 11.9. The molecule has 0 saturated carbocycles. The minimum Gasteiger partial charge on any atom is -0.324 e. The summed E-state index contributed by atoms with van der Waals surface area (Å²) in [6, 6.07) is 9.31. The van der Waals surface area contributed by atoms with Crippen molar-refractivity contribution in [1.29, 1.82) is 0 Å². The van der Waals surface area contributed by atoms with Crippen LogP contribution in [0, 0.1) is 0 Å². The lowest BCUT2D eigenvalue weighted by Gasteiger charge is -2.11. The molecule has 0 fully saturated rings. The highest BCUT2D eigenvalue weighted by Gasteiger charge is 2.12. The van der Waals surface area contributed by atoms with Crippen LogP contribution < -0.4 is 11.1 Å². The molecule has 0 aliphatic carbocycles. The summed E-state index contributed by atoms with van der Waals surface area (Å²) in [7, 11) is 0. The number of benzene rings is 1. The average Bonchev–Trinajstić information content (AvgIpc) is 2.87. The van der Waals surface area contributed by atoms with Crippen molar-refractivity contribution in [3.63, 3.8) is 0 Å². The molecule has 2 rings (SSSR count). The van der Waals surface area contributed by atoms with Crippen molar-refractivity contribution in [3.05, 3.63) is 48.3 Å². The predicted octanol–water partition coefficient (Wildman–Crippen LogP) is 1.93. The van der Waals surface area contributed by atoms with Crippen LogP contribution in [0.2, 0.25) is 0 Å². The molecular weight excluding hydrogens is 240 g/mol. The zero-order valence-corrected chi connectivity index (χ0v) is 10.9. The molecule has 1 heterocycles. The second-order valence-electron chi connectivity index (χ2n) is 4.35. The van der Waals surface area contributed by atoms with E-state index in [0.29, 0.717) is 5.69 Å². The molecule has 0 aliphatic rings. The summed E-state index contributed by atoms with van der Waals surface area (Å²) in [5.74, 6) is -0.105. The van der Waals surface area contributed by atoms with Crippen LogP contribution in [0.1, 0.15) is 24.9 Å². The first-order chi connectivity index (χ1) is 9.19. The highest BCUT2D eigenvalue weighted by Crippen LogP contribution is 2.14. The molecule has 5 heteroatoms. The number of hydrogen-bond acceptors (Lipinski definition) is 3. The molecule has 19 heavy (non-hydrogen) atoms. The largest absolute Gasteiger partial charge is 0.324 e. The summed E-state index contributed by atoms with van der Waals surface area (Å²) in [4.78, 5) is 11.9. The second-order valence-corrected chi connectivity index (χ2v) is 4.35. The Hall–Kier alpha value is -2.14. The molecule has 0 radical (unpaired) electrons. The molecule has 0 bridgehead atoms. The molecule has 3 N–H and O–H groups in total. The first-order valence-electron chi connectivity index (χ1n) is 6.32. The summed E-state index contributed by atoms with van der Waals surface area (Å²) in [5, 5.41) is 6.89.